The van der Waals surface area contributed by atoms with Crippen LogP contribution in [-0.4, -0.2) is 48.1 Å². The molecule has 10 heteroatoms. The molecule has 1 fully saturated rings. The minimum atomic E-state index is -0.625. The lowest BCUT2D eigenvalue weighted by Crippen LogP contribution is -2.48. The minimum absolute atomic E-state index is 0.0164. The third-order valence-electron chi connectivity index (χ3n) is 8.39. The summed E-state index contributed by atoms with van der Waals surface area (Å²) in [6, 6.07) is 15.2. The molecule has 45 heavy (non-hydrogen) atoms. The minimum Gasteiger partial charge on any atom is -0.460 e. The number of carbonyl (C=O) groups excluding carboxylic acids is 3. The number of allylic oxidation sites excluding steroid dienone is 1. The molecule has 0 saturated carbocycles. The summed E-state index contributed by atoms with van der Waals surface area (Å²) in [5.41, 5.74) is 12.0. The van der Waals surface area contributed by atoms with Gasteiger partial charge in [0, 0.05) is 45.7 Å². The molecule has 4 aromatic rings. The molecule has 5 N–H and O–H groups in total. The zero-order chi connectivity index (χ0) is 32.1. The summed E-state index contributed by atoms with van der Waals surface area (Å²) in [5.74, 6) is 0.649. The van der Waals surface area contributed by atoms with Gasteiger partial charge in [0.1, 0.15) is 23.2 Å². The van der Waals surface area contributed by atoms with Crippen molar-refractivity contribution in [3.05, 3.63) is 98.4 Å². The number of hydrogen-bond donors (Lipinski definition) is 4. The SMILES string of the molecule is Cc1ccc2oc3c(c2c1)C=CCC3.Cc1ccccc1C1CC(C(=O)N[C@H](C)c2cc(C(=N)N)cs2)N(C(=O)CNC=O)C1. The number of amides is 3. The Kier molecular flexibility index (Phi) is 9.83. The molecule has 0 radical (unpaired) electrons. The summed E-state index contributed by atoms with van der Waals surface area (Å²) in [7, 11) is 0. The van der Waals surface area contributed by atoms with E-state index >= 15 is 0 Å². The Labute approximate surface area is 267 Å². The topological polar surface area (TPSA) is 142 Å². The second-order valence-electron chi connectivity index (χ2n) is 11.6. The maximum atomic E-state index is 13.2. The van der Waals surface area contributed by atoms with E-state index in [4.69, 9.17) is 15.6 Å². The summed E-state index contributed by atoms with van der Waals surface area (Å²) >= 11 is 1.42. The van der Waals surface area contributed by atoms with Gasteiger partial charge in [0.2, 0.25) is 18.2 Å². The van der Waals surface area contributed by atoms with Gasteiger partial charge in [-0.3, -0.25) is 19.8 Å². The number of amidine groups is 1. The lowest BCUT2D eigenvalue weighted by Gasteiger charge is -2.25. The molecule has 0 spiro atoms. The van der Waals surface area contributed by atoms with Crippen molar-refractivity contribution < 1.29 is 18.8 Å². The first-order valence-corrected chi connectivity index (χ1v) is 16.0. The fourth-order valence-electron chi connectivity index (χ4n) is 6.03. The number of likely N-dealkylation sites (tertiary alicyclic amines) is 1. The molecule has 9 nitrogen and oxygen atoms in total. The molecule has 2 aromatic heterocycles. The van der Waals surface area contributed by atoms with E-state index in [1.807, 2.05) is 38.1 Å². The second kappa shape index (κ2) is 13.9. The summed E-state index contributed by atoms with van der Waals surface area (Å²) in [6.45, 7) is 6.28. The van der Waals surface area contributed by atoms with Crippen LogP contribution in [0.15, 0.2) is 64.4 Å². The first-order chi connectivity index (χ1) is 21.7. The quantitative estimate of drug-likeness (QED) is 0.119. The van der Waals surface area contributed by atoms with Gasteiger partial charge < -0.3 is 25.7 Å². The van der Waals surface area contributed by atoms with Gasteiger partial charge in [-0.25, -0.2) is 0 Å². The van der Waals surface area contributed by atoms with Crippen LogP contribution in [0, 0.1) is 19.3 Å². The van der Waals surface area contributed by atoms with Crippen LogP contribution >= 0.6 is 11.3 Å². The van der Waals surface area contributed by atoms with Crippen LogP contribution < -0.4 is 16.4 Å². The predicted molar refractivity (Wildman–Crippen MR) is 178 cm³/mol. The van der Waals surface area contributed by atoms with Crippen molar-refractivity contribution in [1.29, 1.82) is 5.41 Å². The van der Waals surface area contributed by atoms with Gasteiger partial charge in [-0.2, -0.15) is 0 Å². The number of furan rings is 1. The third-order valence-corrected chi connectivity index (χ3v) is 9.50. The van der Waals surface area contributed by atoms with Gasteiger partial charge >= 0.3 is 0 Å². The molecule has 6 rings (SSSR count). The average Bonchev–Trinajstić information content (AvgIpc) is 3.78. The van der Waals surface area contributed by atoms with Gasteiger partial charge in [0.25, 0.3) is 0 Å². The highest BCUT2D eigenvalue weighted by atomic mass is 32.1. The highest BCUT2D eigenvalue weighted by Crippen LogP contribution is 2.34. The van der Waals surface area contributed by atoms with Gasteiger partial charge in [0.15, 0.2) is 0 Å². The highest BCUT2D eigenvalue weighted by molar-refractivity contribution is 7.10. The number of nitrogens with two attached hydrogens (primary N) is 1. The Morgan fingerprint density at radius 1 is 1.20 bits per heavy atom. The third kappa shape index (κ3) is 7.17. The van der Waals surface area contributed by atoms with Crippen LogP contribution in [0.25, 0.3) is 17.0 Å². The first-order valence-electron chi connectivity index (χ1n) is 15.1. The van der Waals surface area contributed by atoms with Crippen LogP contribution in [0.5, 0.6) is 0 Å². The standard InChI is InChI=1S/C22H27N5O3S.C13H12O/c1-13-5-3-4-6-17(13)15-7-18(27(10-15)20(29)9-25-12-28)22(30)26-14(2)19-8-16(11-31-19)21(23)24;1-9-6-7-13-11(8-9)10-4-2-3-5-12(10)14-13/h3-6,8,11-12,14-15,18H,7,9-10H2,1-2H3,(H3,23,24)(H,25,28)(H,26,30);2,4,6-8H,3,5H2,1H3/t14-,15?,18?;/m1./s1. The van der Waals surface area contributed by atoms with E-state index < -0.39 is 6.04 Å². The molecule has 3 amide bonds. The number of carbonyl (C=O) groups is 3. The van der Waals surface area contributed by atoms with E-state index in [0.717, 1.165) is 40.2 Å². The lowest BCUT2D eigenvalue weighted by atomic mass is 9.92. The number of hydrogen-bond acceptors (Lipinski definition) is 6. The Morgan fingerprint density at radius 3 is 2.73 bits per heavy atom. The second-order valence-corrected chi connectivity index (χ2v) is 12.6. The zero-order valence-electron chi connectivity index (χ0n) is 25.8. The van der Waals surface area contributed by atoms with E-state index in [-0.39, 0.29) is 36.2 Å². The van der Waals surface area contributed by atoms with Crippen LogP contribution in [0.4, 0.5) is 0 Å². The zero-order valence-corrected chi connectivity index (χ0v) is 26.6. The number of thiophene rings is 1. The van der Waals surface area contributed by atoms with Crippen molar-refractivity contribution >= 4 is 52.4 Å². The van der Waals surface area contributed by atoms with Crippen molar-refractivity contribution in [3.8, 4) is 0 Å². The molecule has 234 valence electrons. The number of nitrogens with zero attached hydrogens (tertiary/aromatic N) is 1. The van der Waals surface area contributed by atoms with Crippen molar-refractivity contribution in [3.63, 3.8) is 0 Å². The van der Waals surface area contributed by atoms with Gasteiger partial charge in [0.05, 0.1) is 12.6 Å². The number of fused-ring (bicyclic) bond motifs is 3. The van der Waals surface area contributed by atoms with E-state index in [1.165, 1.54) is 27.8 Å². The average molecular weight is 626 g/mol. The fourth-order valence-corrected chi connectivity index (χ4v) is 6.94. The maximum Gasteiger partial charge on any atom is 0.243 e. The van der Waals surface area contributed by atoms with E-state index in [0.29, 0.717) is 24.9 Å². The van der Waals surface area contributed by atoms with E-state index in [1.54, 1.807) is 16.3 Å². The van der Waals surface area contributed by atoms with E-state index in [2.05, 4.69) is 47.9 Å². The summed E-state index contributed by atoms with van der Waals surface area (Å²) in [4.78, 5) is 38.9. The molecule has 2 aromatic carbocycles. The molecule has 1 aliphatic heterocycles. The normalized spacial score (nSPS) is 17.6. The van der Waals surface area contributed by atoms with E-state index in [9.17, 15) is 14.4 Å². The number of aryl methyl sites for hydroxylation is 3. The highest BCUT2D eigenvalue weighted by Gasteiger charge is 2.40. The molecule has 3 atom stereocenters. The van der Waals surface area contributed by atoms with Crippen LogP contribution in [0.3, 0.4) is 0 Å². The molecule has 1 aliphatic carbocycles. The Bertz CT molecular complexity index is 1760. The van der Waals surface area contributed by atoms with Crippen molar-refractivity contribution in [2.45, 2.75) is 58.0 Å². The number of nitrogen functional groups attached to an aromatic ring is 1. The number of nitrogens with one attached hydrogen (secondary N) is 3. The molecular weight excluding hydrogens is 586 g/mol. The van der Waals surface area contributed by atoms with Crippen molar-refractivity contribution in [2.24, 2.45) is 5.73 Å². The smallest absolute Gasteiger partial charge is 0.243 e. The van der Waals surface area contributed by atoms with Gasteiger partial charge in [-0.05, 0) is 62.9 Å². The summed E-state index contributed by atoms with van der Waals surface area (Å²) in [6.07, 6.45) is 7.54. The maximum absolute atomic E-state index is 13.2. The summed E-state index contributed by atoms with van der Waals surface area (Å²) < 4.78 is 5.79. The van der Waals surface area contributed by atoms with Crippen molar-refractivity contribution in [2.75, 3.05) is 13.1 Å². The van der Waals surface area contributed by atoms with Crippen molar-refractivity contribution in [1.82, 2.24) is 15.5 Å². The molecular formula is C35H39N5O4S. The van der Waals surface area contributed by atoms with Crippen LogP contribution in [0.2, 0.25) is 0 Å². The fraction of sp³-hybridized carbons (Fsp3) is 0.314. The molecule has 2 aliphatic rings. The first kappa shape index (κ1) is 31.7. The predicted octanol–water partition coefficient (Wildman–Crippen LogP) is 5.35. The monoisotopic (exact) mass is 625 g/mol. The Morgan fingerprint density at radius 2 is 2.00 bits per heavy atom. The van der Waals surface area contributed by atoms with Gasteiger partial charge in [-0.15, -0.1) is 11.3 Å². The Balaban J connectivity index is 0.000000235. The number of benzene rings is 2. The Hall–Kier alpha value is -4.70. The van der Waals surface area contributed by atoms with Crippen LogP contribution in [0.1, 0.15) is 70.2 Å². The molecule has 2 unspecified atom stereocenters. The molecule has 1 saturated heterocycles. The number of rotatable bonds is 8. The largest absolute Gasteiger partial charge is 0.460 e. The van der Waals surface area contributed by atoms with Gasteiger partial charge in [-0.1, -0.05) is 48.0 Å². The summed E-state index contributed by atoms with van der Waals surface area (Å²) in [5, 5.41) is 16.0. The lowest BCUT2D eigenvalue weighted by molar-refractivity contribution is -0.138. The molecule has 3 heterocycles. The van der Waals surface area contributed by atoms with Crippen LogP contribution in [-0.2, 0) is 20.8 Å². The molecule has 0 bridgehead atoms.